The van der Waals surface area contributed by atoms with Gasteiger partial charge in [0.1, 0.15) is 5.60 Å². The highest BCUT2D eigenvalue weighted by atomic mass is 35.5. The maximum Gasteiger partial charge on any atom is 0.410 e. The number of benzene rings is 2. The maximum atomic E-state index is 12.7. The molecule has 2 heterocycles. The van der Waals surface area contributed by atoms with Gasteiger partial charge in [-0.05, 0) is 44.9 Å². The standard InChI is InChI=1S/C25H28ClN3O2.C2H6/c1-25(2,3)31-24(30)28-15-13-21-22(14-16-28)29(17-18-7-5-4-6-8-18)27-23(21)19-9-11-20(26)12-10-19;1-2/h4-12H,13-17H2,1-3H3;1-2H3. The monoisotopic (exact) mass is 467 g/mol. The predicted molar refractivity (Wildman–Crippen MR) is 135 cm³/mol. The molecule has 176 valence electrons. The SMILES string of the molecule is CC.CC(C)(C)OC(=O)N1CCc2c(-c3ccc(Cl)cc3)nn(Cc3ccccc3)c2CC1. The van der Waals surface area contributed by atoms with E-state index in [0.717, 1.165) is 24.1 Å². The smallest absolute Gasteiger partial charge is 0.410 e. The van der Waals surface area contributed by atoms with E-state index in [9.17, 15) is 4.79 Å². The Hall–Kier alpha value is -2.79. The quantitative estimate of drug-likeness (QED) is 0.435. The van der Waals surface area contributed by atoms with E-state index in [4.69, 9.17) is 21.4 Å². The van der Waals surface area contributed by atoms with Crippen molar-refractivity contribution in [3.05, 3.63) is 76.4 Å². The number of hydrogen-bond donors (Lipinski definition) is 0. The summed E-state index contributed by atoms with van der Waals surface area (Å²) in [4.78, 5) is 14.5. The van der Waals surface area contributed by atoms with E-state index < -0.39 is 5.60 Å². The van der Waals surface area contributed by atoms with Gasteiger partial charge in [-0.3, -0.25) is 4.68 Å². The minimum Gasteiger partial charge on any atom is -0.444 e. The minimum absolute atomic E-state index is 0.256. The van der Waals surface area contributed by atoms with Crippen LogP contribution in [-0.2, 0) is 24.1 Å². The topological polar surface area (TPSA) is 47.4 Å². The Labute approximate surface area is 202 Å². The molecular weight excluding hydrogens is 434 g/mol. The van der Waals surface area contributed by atoms with Gasteiger partial charge in [-0.2, -0.15) is 5.10 Å². The highest BCUT2D eigenvalue weighted by Gasteiger charge is 2.28. The van der Waals surface area contributed by atoms with Gasteiger partial charge in [0.25, 0.3) is 0 Å². The molecule has 0 saturated heterocycles. The molecule has 1 aliphatic rings. The van der Waals surface area contributed by atoms with E-state index in [-0.39, 0.29) is 6.09 Å². The van der Waals surface area contributed by atoms with Gasteiger partial charge < -0.3 is 9.64 Å². The minimum atomic E-state index is -0.505. The molecule has 0 saturated carbocycles. The first-order valence-corrected chi connectivity index (χ1v) is 12.0. The van der Waals surface area contributed by atoms with E-state index >= 15 is 0 Å². The second-order valence-electron chi connectivity index (χ2n) is 8.89. The predicted octanol–water partition coefficient (Wildman–Crippen LogP) is 6.61. The summed E-state index contributed by atoms with van der Waals surface area (Å²) in [7, 11) is 0. The third-order valence-electron chi connectivity index (χ3n) is 5.36. The molecular formula is C27H34ClN3O2. The van der Waals surface area contributed by atoms with Crippen LogP contribution in [-0.4, -0.2) is 39.5 Å². The number of hydrogen-bond acceptors (Lipinski definition) is 3. The average molecular weight is 468 g/mol. The van der Waals surface area contributed by atoms with Gasteiger partial charge in [-0.25, -0.2) is 4.79 Å². The van der Waals surface area contributed by atoms with Crippen molar-refractivity contribution >= 4 is 17.7 Å². The van der Waals surface area contributed by atoms with Crippen LogP contribution in [0, 0.1) is 0 Å². The molecule has 4 rings (SSSR count). The molecule has 0 fully saturated rings. The third-order valence-corrected chi connectivity index (χ3v) is 5.61. The van der Waals surface area contributed by atoms with E-state index in [0.29, 0.717) is 24.7 Å². The normalized spacial score (nSPS) is 13.5. The fourth-order valence-electron chi connectivity index (χ4n) is 3.91. The first-order valence-electron chi connectivity index (χ1n) is 11.7. The Kier molecular flexibility index (Phi) is 8.20. The summed E-state index contributed by atoms with van der Waals surface area (Å²) in [5.74, 6) is 0. The van der Waals surface area contributed by atoms with Gasteiger partial charge in [-0.1, -0.05) is 67.9 Å². The Morgan fingerprint density at radius 1 is 1.00 bits per heavy atom. The summed E-state index contributed by atoms with van der Waals surface area (Å²) in [6, 6.07) is 18.1. The number of carbonyl (C=O) groups excluding carboxylic acids is 1. The number of ether oxygens (including phenoxy) is 1. The first kappa shape index (κ1) is 24.8. The Bertz CT molecular complexity index is 1050. The molecule has 2 aromatic carbocycles. The lowest BCUT2D eigenvalue weighted by molar-refractivity contribution is 0.0258. The zero-order chi connectivity index (χ0) is 24.0. The lowest BCUT2D eigenvalue weighted by Crippen LogP contribution is -2.38. The van der Waals surface area contributed by atoms with Crippen LogP contribution in [0.25, 0.3) is 11.3 Å². The van der Waals surface area contributed by atoms with Crippen LogP contribution in [0.2, 0.25) is 5.02 Å². The summed E-state index contributed by atoms with van der Waals surface area (Å²) in [6.07, 6.45) is 1.22. The molecule has 0 N–H and O–H groups in total. The molecule has 0 spiro atoms. The molecule has 5 nitrogen and oxygen atoms in total. The van der Waals surface area contributed by atoms with Crippen molar-refractivity contribution in [1.82, 2.24) is 14.7 Å². The van der Waals surface area contributed by atoms with Gasteiger partial charge in [0.2, 0.25) is 0 Å². The molecule has 0 radical (unpaired) electrons. The third kappa shape index (κ3) is 6.38. The Balaban J connectivity index is 0.00000149. The second-order valence-corrected chi connectivity index (χ2v) is 9.33. The number of rotatable bonds is 3. The number of aromatic nitrogens is 2. The first-order chi connectivity index (χ1) is 15.8. The van der Waals surface area contributed by atoms with Crippen molar-refractivity contribution in [1.29, 1.82) is 0 Å². The fourth-order valence-corrected chi connectivity index (χ4v) is 4.04. The average Bonchev–Trinajstić information content (AvgIpc) is 2.97. The van der Waals surface area contributed by atoms with E-state index in [1.54, 1.807) is 0 Å². The van der Waals surface area contributed by atoms with Gasteiger partial charge >= 0.3 is 6.09 Å². The van der Waals surface area contributed by atoms with Crippen LogP contribution in [0.5, 0.6) is 0 Å². The highest BCUT2D eigenvalue weighted by molar-refractivity contribution is 6.30. The molecule has 1 aliphatic heterocycles. The van der Waals surface area contributed by atoms with Gasteiger partial charge in [-0.15, -0.1) is 0 Å². The highest BCUT2D eigenvalue weighted by Crippen LogP contribution is 2.30. The summed E-state index contributed by atoms with van der Waals surface area (Å²) < 4.78 is 7.70. The largest absolute Gasteiger partial charge is 0.444 e. The van der Waals surface area contributed by atoms with Gasteiger partial charge in [0.05, 0.1) is 12.2 Å². The fraction of sp³-hybridized carbons (Fsp3) is 0.407. The molecule has 0 atom stereocenters. The zero-order valence-electron chi connectivity index (χ0n) is 20.3. The van der Waals surface area contributed by atoms with Gasteiger partial charge in [0, 0.05) is 41.4 Å². The van der Waals surface area contributed by atoms with Crippen LogP contribution in [0.15, 0.2) is 54.6 Å². The molecule has 1 amide bonds. The van der Waals surface area contributed by atoms with Crippen LogP contribution in [0.3, 0.4) is 0 Å². The number of fused-ring (bicyclic) bond motifs is 1. The Morgan fingerprint density at radius 2 is 1.64 bits per heavy atom. The molecule has 0 aliphatic carbocycles. The molecule has 0 bridgehead atoms. The number of amides is 1. The molecule has 6 heteroatoms. The van der Waals surface area contributed by atoms with Crippen molar-refractivity contribution in [2.75, 3.05) is 13.1 Å². The van der Waals surface area contributed by atoms with Crippen molar-refractivity contribution in [3.63, 3.8) is 0 Å². The van der Waals surface area contributed by atoms with Crippen molar-refractivity contribution in [2.24, 2.45) is 0 Å². The number of nitrogens with zero attached hydrogens (tertiary/aromatic N) is 3. The summed E-state index contributed by atoms with van der Waals surface area (Å²) >= 11 is 6.10. The van der Waals surface area contributed by atoms with Crippen molar-refractivity contribution < 1.29 is 9.53 Å². The van der Waals surface area contributed by atoms with Crippen molar-refractivity contribution in [2.45, 2.75) is 59.6 Å². The molecule has 1 aromatic heterocycles. The van der Waals surface area contributed by atoms with Gasteiger partial charge in [0.15, 0.2) is 0 Å². The van der Waals surface area contributed by atoms with E-state index in [1.807, 2.05) is 82.0 Å². The van der Waals surface area contributed by atoms with E-state index in [1.165, 1.54) is 16.8 Å². The Morgan fingerprint density at radius 3 is 2.27 bits per heavy atom. The number of carbonyl (C=O) groups is 1. The van der Waals surface area contributed by atoms with Crippen LogP contribution < -0.4 is 0 Å². The number of halogens is 1. The van der Waals surface area contributed by atoms with Crippen LogP contribution >= 0.6 is 11.6 Å². The second kappa shape index (κ2) is 10.9. The van der Waals surface area contributed by atoms with Crippen molar-refractivity contribution in [3.8, 4) is 11.3 Å². The maximum absolute atomic E-state index is 12.7. The summed E-state index contributed by atoms with van der Waals surface area (Å²) in [6.45, 7) is 11.6. The molecule has 33 heavy (non-hydrogen) atoms. The van der Waals surface area contributed by atoms with Crippen LogP contribution in [0.4, 0.5) is 4.79 Å². The molecule has 0 unspecified atom stereocenters. The van der Waals surface area contributed by atoms with E-state index in [2.05, 4.69) is 16.8 Å². The summed E-state index contributed by atoms with van der Waals surface area (Å²) in [5, 5.41) is 5.70. The lowest BCUT2D eigenvalue weighted by atomic mass is 10.0. The molecule has 3 aromatic rings. The summed E-state index contributed by atoms with van der Waals surface area (Å²) in [5.41, 5.74) is 5.08. The van der Waals surface area contributed by atoms with Crippen LogP contribution in [0.1, 0.15) is 51.4 Å². The lowest BCUT2D eigenvalue weighted by Gasteiger charge is -2.26. The zero-order valence-corrected chi connectivity index (χ0v) is 21.0.